The summed E-state index contributed by atoms with van der Waals surface area (Å²) in [5, 5.41) is 14.3. The van der Waals surface area contributed by atoms with Crippen LogP contribution < -0.4 is 16.1 Å². The zero-order valence-electron chi connectivity index (χ0n) is 11.9. The van der Waals surface area contributed by atoms with Crippen molar-refractivity contribution < 1.29 is 9.90 Å². The third-order valence-corrected chi connectivity index (χ3v) is 1.93. The van der Waals surface area contributed by atoms with E-state index in [9.17, 15) is 4.79 Å². The molecule has 3 N–H and O–H groups in total. The third-order valence-electron chi connectivity index (χ3n) is 1.93. The van der Waals surface area contributed by atoms with Crippen LogP contribution >= 0.6 is 0 Å². The van der Waals surface area contributed by atoms with E-state index >= 15 is 0 Å². The number of nitrogens with one attached hydrogen (secondary N) is 2. The minimum absolute atomic E-state index is 0.0248. The van der Waals surface area contributed by atoms with Crippen molar-refractivity contribution in [2.75, 3.05) is 5.01 Å². The SMILES string of the molecule is CC.CC.CC1=NNNN1c1cccnc1C(=O)O. The van der Waals surface area contributed by atoms with Gasteiger partial charge < -0.3 is 5.11 Å². The summed E-state index contributed by atoms with van der Waals surface area (Å²) >= 11 is 0. The lowest BCUT2D eigenvalue weighted by Gasteiger charge is -2.17. The summed E-state index contributed by atoms with van der Waals surface area (Å²) in [7, 11) is 0. The first-order chi connectivity index (χ1) is 9.20. The Morgan fingerprint density at radius 1 is 1.32 bits per heavy atom. The van der Waals surface area contributed by atoms with Gasteiger partial charge in [-0.15, -0.1) is 10.6 Å². The van der Waals surface area contributed by atoms with Gasteiger partial charge in [0.2, 0.25) is 0 Å². The first-order valence-electron chi connectivity index (χ1n) is 6.23. The van der Waals surface area contributed by atoms with Crippen LogP contribution in [-0.4, -0.2) is 21.9 Å². The Morgan fingerprint density at radius 2 is 1.95 bits per heavy atom. The first-order valence-corrected chi connectivity index (χ1v) is 6.23. The van der Waals surface area contributed by atoms with Crippen LogP contribution in [-0.2, 0) is 0 Å². The maximum Gasteiger partial charge on any atom is 0.356 e. The van der Waals surface area contributed by atoms with Crippen molar-refractivity contribution in [1.82, 2.24) is 16.1 Å². The van der Waals surface area contributed by atoms with Gasteiger partial charge in [0.05, 0.1) is 5.69 Å². The molecule has 0 unspecified atom stereocenters. The van der Waals surface area contributed by atoms with Gasteiger partial charge in [-0.3, -0.25) is 0 Å². The number of aromatic carboxylic acids is 1. The number of carboxylic acids is 1. The lowest BCUT2D eigenvalue weighted by atomic mass is 10.3. The van der Waals surface area contributed by atoms with Gasteiger partial charge >= 0.3 is 5.97 Å². The van der Waals surface area contributed by atoms with Gasteiger partial charge in [0, 0.05) is 6.20 Å². The Balaban J connectivity index is 0.000000741. The maximum absolute atomic E-state index is 10.9. The molecule has 0 aliphatic carbocycles. The Labute approximate surface area is 113 Å². The smallest absolute Gasteiger partial charge is 0.356 e. The minimum atomic E-state index is -1.08. The number of nitrogens with zero attached hydrogens (tertiary/aromatic N) is 3. The quantitative estimate of drug-likeness (QED) is 0.759. The molecule has 2 rings (SSSR count). The van der Waals surface area contributed by atoms with Crippen LogP contribution in [0.3, 0.4) is 0 Å². The average Bonchev–Trinajstić information content (AvgIpc) is 2.89. The molecule has 0 aromatic carbocycles. The number of amidine groups is 1. The largest absolute Gasteiger partial charge is 0.476 e. The van der Waals surface area contributed by atoms with Gasteiger partial charge in [-0.1, -0.05) is 27.7 Å². The van der Waals surface area contributed by atoms with E-state index in [-0.39, 0.29) is 5.69 Å². The van der Waals surface area contributed by atoms with Crippen molar-refractivity contribution in [3.63, 3.8) is 0 Å². The van der Waals surface area contributed by atoms with Crippen LogP contribution in [0, 0.1) is 0 Å². The monoisotopic (exact) mass is 267 g/mol. The molecule has 19 heavy (non-hydrogen) atoms. The molecular weight excluding hydrogens is 246 g/mol. The summed E-state index contributed by atoms with van der Waals surface area (Å²) in [5.41, 5.74) is 5.64. The molecule has 0 bridgehead atoms. The second kappa shape index (κ2) is 8.87. The number of hydrazone groups is 1. The number of rotatable bonds is 2. The molecule has 0 amide bonds. The number of hydrazine groups is 2. The summed E-state index contributed by atoms with van der Waals surface area (Å²) in [6.45, 7) is 9.74. The Morgan fingerprint density at radius 3 is 2.42 bits per heavy atom. The predicted octanol–water partition coefficient (Wildman–Crippen LogP) is 1.99. The van der Waals surface area contributed by atoms with Crippen LogP contribution in [0.15, 0.2) is 23.4 Å². The van der Waals surface area contributed by atoms with Crippen molar-refractivity contribution in [2.24, 2.45) is 5.10 Å². The van der Waals surface area contributed by atoms with E-state index < -0.39 is 5.97 Å². The lowest BCUT2D eigenvalue weighted by Crippen LogP contribution is -2.41. The van der Waals surface area contributed by atoms with Gasteiger partial charge in [0.25, 0.3) is 0 Å². The van der Waals surface area contributed by atoms with Crippen LogP contribution in [0.2, 0.25) is 0 Å². The molecule has 1 aliphatic rings. The fourth-order valence-electron chi connectivity index (χ4n) is 1.26. The fourth-order valence-corrected chi connectivity index (χ4v) is 1.26. The Bertz CT molecular complexity index is 434. The van der Waals surface area contributed by atoms with E-state index in [1.807, 2.05) is 27.7 Å². The molecule has 106 valence electrons. The fraction of sp³-hybridized carbons (Fsp3) is 0.417. The second-order valence-corrected chi connectivity index (χ2v) is 2.89. The number of hydrogen-bond acceptors (Lipinski definition) is 6. The average molecular weight is 267 g/mol. The van der Waals surface area contributed by atoms with Gasteiger partial charge in [-0.25, -0.2) is 20.3 Å². The molecule has 7 nitrogen and oxygen atoms in total. The molecular formula is C12H21N5O2. The van der Waals surface area contributed by atoms with E-state index in [4.69, 9.17) is 5.11 Å². The highest BCUT2D eigenvalue weighted by atomic mass is 16.4. The Hall–Kier alpha value is -2.15. The highest BCUT2D eigenvalue weighted by Gasteiger charge is 2.21. The normalized spacial score (nSPS) is 12.3. The number of anilines is 1. The zero-order valence-corrected chi connectivity index (χ0v) is 11.9. The van der Waals surface area contributed by atoms with Crippen LogP contribution in [0.5, 0.6) is 0 Å². The molecule has 0 saturated heterocycles. The number of pyridine rings is 1. The summed E-state index contributed by atoms with van der Waals surface area (Å²) in [6, 6.07) is 3.31. The highest BCUT2D eigenvalue weighted by molar-refractivity contribution is 6.01. The van der Waals surface area contributed by atoms with Crippen LogP contribution in [0.1, 0.15) is 45.1 Å². The van der Waals surface area contributed by atoms with Crippen molar-refractivity contribution in [3.05, 3.63) is 24.0 Å². The molecule has 2 heterocycles. The molecule has 0 atom stereocenters. The van der Waals surface area contributed by atoms with Crippen LogP contribution in [0.25, 0.3) is 0 Å². The van der Waals surface area contributed by atoms with Gasteiger partial charge in [-0.05, 0) is 19.1 Å². The number of aromatic nitrogens is 1. The zero-order chi connectivity index (χ0) is 14.8. The van der Waals surface area contributed by atoms with Crippen molar-refractivity contribution in [1.29, 1.82) is 0 Å². The number of carboxylic acid groups (broad SMARTS) is 1. The number of hydrogen-bond donors (Lipinski definition) is 3. The minimum Gasteiger partial charge on any atom is -0.476 e. The molecule has 0 radical (unpaired) electrons. The van der Waals surface area contributed by atoms with Crippen molar-refractivity contribution >= 4 is 17.5 Å². The Kier molecular flexibility index (Phi) is 7.87. The molecule has 0 saturated carbocycles. The predicted molar refractivity (Wildman–Crippen MR) is 75.8 cm³/mol. The van der Waals surface area contributed by atoms with Crippen molar-refractivity contribution in [3.8, 4) is 0 Å². The standard InChI is InChI=1S/C8H9N5O2.2C2H6/c1-5-10-11-12-13(5)6-3-2-4-9-7(6)8(14)15;2*1-2/h2-4,11-12H,1H3,(H,14,15);2*1-2H3. The summed E-state index contributed by atoms with van der Waals surface area (Å²) in [6.07, 6.45) is 1.43. The van der Waals surface area contributed by atoms with Gasteiger partial charge in [-0.2, -0.15) is 0 Å². The first kappa shape index (κ1) is 16.9. The molecule has 1 aromatic heterocycles. The van der Waals surface area contributed by atoms with Gasteiger partial charge in [0.1, 0.15) is 5.84 Å². The van der Waals surface area contributed by atoms with E-state index in [2.05, 4.69) is 21.2 Å². The van der Waals surface area contributed by atoms with E-state index in [1.165, 1.54) is 11.2 Å². The highest BCUT2D eigenvalue weighted by Crippen LogP contribution is 2.17. The van der Waals surface area contributed by atoms with Crippen LogP contribution in [0.4, 0.5) is 5.69 Å². The van der Waals surface area contributed by atoms with E-state index in [1.54, 1.807) is 19.1 Å². The molecule has 1 aliphatic heterocycles. The molecule has 0 fully saturated rings. The molecule has 7 heteroatoms. The summed E-state index contributed by atoms with van der Waals surface area (Å²) in [5.74, 6) is -0.461. The topological polar surface area (TPSA) is 89.9 Å². The molecule has 0 spiro atoms. The second-order valence-electron chi connectivity index (χ2n) is 2.89. The van der Waals surface area contributed by atoms with E-state index in [0.29, 0.717) is 11.5 Å². The van der Waals surface area contributed by atoms with E-state index in [0.717, 1.165) is 0 Å². The molecule has 1 aromatic rings. The summed E-state index contributed by atoms with van der Waals surface area (Å²) in [4.78, 5) is 14.7. The summed E-state index contributed by atoms with van der Waals surface area (Å²) < 4.78 is 0. The maximum atomic E-state index is 10.9. The van der Waals surface area contributed by atoms with Crippen molar-refractivity contribution in [2.45, 2.75) is 34.6 Å². The lowest BCUT2D eigenvalue weighted by molar-refractivity contribution is 0.0691. The third kappa shape index (κ3) is 4.22. The van der Waals surface area contributed by atoms with Gasteiger partial charge in [0.15, 0.2) is 5.69 Å². The number of carbonyl (C=O) groups is 1.